The number of hydrogen-bond acceptors (Lipinski definition) is 8. The van der Waals surface area contributed by atoms with Crippen molar-refractivity contribution in [3.05, 3.63) is 86.6 Å². The van der Waals surface area contributed by atoms with Crippen molar-refractivity contribution in [3.8, 4) is 22.6 Å². The Bertz CT molecular complexity index is 1800. The minimum Gasteiger partial charge on any atom is -0.495 e. The van der Waals surface area contributed by atoms with Gasteiger partial charge in [-0.25, -0.2) is 18.1 Å². The first-order valence-electron chi connectivity index (χ1n) is 13.0. The van der Waals surface area contributed by atoms with E-state index in [0.29, 0.717) is 35.4 Å². The maximum absolute atomic E-state index is 13.6. The minimum atomic E-state index is -3.68. The lowest BCUT2D eigenvalue weighted by molar-refractivity contribution is 0.395. The highest BCUT2D eigenvalue weighted by Gasteiger charge is 2.37. The summed E-state index contributed by atoms with van der Waals surface area (Å²) in [6.07, 6.45) is 2.80. The lowest BCUT2D eigenvalue weighted by Crippen LogP contribution is -2.42. The average Bonchev–Trinajstić information content (AvgIpc) is 3.37. The molecular weight excluding hydrogens is 601 g/mol. The van der Waals surface area contributed by atoms with Crippen molar-refractivity contribution in [2.75, 3.05) is 19.5 Å². The quantitative estimate of drug-likeness (QED) is 0.262. The zero-order valence-corrected chi connectivity index (χ0v) is 25.4. The van der Waals surface area contributed by atoms with E-state index in [1.165, 1.54) is 18.8 Å². The number of aromatic nitrogens is 3. The van der Waals surface area contributed by atoms with E-state index in [1.807, 2.05) is 30.3 Å². The van der Waals surface area contributed by atoms with Gasteiger partial charge in [-0.1, -0.05) is 60.1 Å². The third-order valence-corrected chi connectivity index (χ3v) is 9.30. The highest BCUT2D eigenvalue weighted by atomic mass is 35.5. The van der Waals surface area contributed by atoms with Gasteiger partial charge in [-0.15, -0.1) is 0 Å². The number of nitrogens with zero attached hydrogens (tertiary/aromatic N) is 3. The summed E-state index contributed by atoms with van der Waals surface area (Å²) in [4.78, 5) is 22.7. The molecule has 10 nitrogen and oxygen atoms in total. The Balaban J connectivity index is 1.52. The number of hydrogen-bond donors (Lipinski definition) is 2. The molecule has 42 heavy (non-hydrogen) atoms. The van der Waals surface area contributed by atoms with E-state index >= 15 is 0 Å². The molecule has 2 heterocycles. The third kappa shape index (κ3) is 5.69. The Hall–Kier alpha value is -3.64. The van der Waals surface area contributed by atoms with Gasteiger partial charge in [-0.2, -0.15) is 4.98 Å². The zero-order valence-electron chi connectivity index (χ0n) is 23.1. The normalized spacial score (nSPS) is 18.6. The molecule has 1 fully saturated rings. The molecule has 220 valence electrons. The van der Waals surface area contributed by atoms with Gasteiger partial charge in [0.25, 0.3) is 5.56 Å². The summed E-state index contributed by atoms with van der Waals surface area (Å²) >= 11 is 13.2. The van der Waals surface area contributed by atoms with E-state index < -0.39 is 21.6 Å². The molecule has 2 aromatic carbocycles. The molecule has 13 heteroatoms. The van der Waals surface area contributed by atoms with Crippen molar-refractivity contribution in [3.63, 3.8) is 0 Å². The Morgan fingerprint density at radius 3 is 2.31 bits per heavy atom. The van der Waals surface area contributed by atoms with Gasteiger partial charge in [0, 0.05) is 47.8 Å². The Morgan fingerprint density at radius 2 is 1.69 bits per heavy atom. The Labute approximate surface area is 253 Å². The number of nitrogens with one attached hydrogen (secondary N) is 2. The second kappa shape index (κ2) is 11.9. The second-order valence-electron chi connectivity index (χ2n) is 9.94. The van der Waals surface area contributed by atoms with Crippen molar-refractivity contribution in [2.45, 2.75) is 30.8 Å². The minimum absolute atomic E-state index is 0.114. The van der Waals surface area contributed by atoms with Crippen LogP contribution in [-0.4, -0.2) is 49.3 Å². The van der Waals surface area contributed by atoms with E-state index in [4.69, 9.17) is 32.7 Å². The van der Waals surface area contributed by atoms with Gasteiger partial charge < -0.3 is 14.8 Å². The van der Waals surface area contributed by atoms with Crippen LogP contribution in [0.2, 0.25) is 10.0 Å². The van der Waals surface area contributed by atoms with Gasteiger partial charge >= 0.3 is 0 Å². The summed E-state index contributed by atoms with van der Waals surface area (Å²) in [5.41, 5.74) is 1.58. The van der Waals surface area contributed by atoms with Crippen LogP contribution < -0.4 is 25.1 Å². The van der Waals surface area contributed by atoms with Crippen LogP contribution in [0.4, 0.5) is 5.95 Å². The number of ether oxygens (including phenoxy) is 2. The van der Waals surface area contributed by atoms with Gasteiger partial charge in [0.05, 0.1) is 29.8 Å². The molecule has 0 bridgehead atoms. The van der Waals surface area contributed by atoms with Crippen LogP contribution in [0.3, 0.4) is 0 Å². The van der Waals surface area contributed by atoms with Gasteiger partial charge in [0.2, 0.25) is 16.0 Å². The van der Waals surface area contributed by atoms with Crippen LogP contribution in [0.25, 0.3) is 22.2 Å². The average molecular weight is 631 g/mol. The highest BCUT2D eigenvalue weighted by Crippen LogP contribution is 2.45. The summed E-state index contributed by atoms with van der Waals surface area (Å²) in [6.45, 7) is 3.41. The topological polar surface area (TPSA) is 124 Å². The van der Waals surface area contributed by atoms with Crippen molar-refractivity contribution in [1.82, 2.24) is 19.3 Å². The largest absolute Gasteiger partial charge is 0.495 e. The molecule has 1 unspecified atom stereocenters. The summed E-state index contributed by atoms with van der Waals surface area (Å²) in [6, 6.07) is 12.3. The molecule has 0 radical (unpaired) electrons. The summed E-state index contributed by atoms with van der Waals surface area (Å²) in [5.74, 6) is 0.976. The molecule has 3 atom stereocenters. The predicted molar refractivity (Wildman–Crippen MR) is 165 cm³/mol. The number of benzene rings is 2. The van der Waals surface area contributed by atoms with Crippen molar-refractivity contribution in [1.29, 1.82) is 0 Å². The molecule has 0 aliphatic heterocycles. The highest BCUT2D eigenvalue weighted by molar-refractivity contribution is 7.92. The summed E-state index contributed by atoms with van der Waals surface area (Å²) < 4.78 is 39.6. The number of rotatable bonds is 9. The van der Waals surface area contributed by atoms with Crippen LogP contribution >= 0.6 is 23.2 Å². The van der Waals surface area contributed by atoms with Crippen molar-refractivity contribution in [2.24, 2.45) is 7.05 Å². The molecule has 1 saturated carbocycles. The summed E-state index contributed by atoms with van der Waals surface area (Å²) in [5, 5.41) is 5.09. The number of anilines is 1. The maximum atomic E-state index is 13.6. The number of aryl methyl sites for hydroxylation is 1. The van der Waals surface area contributed by atoms with Crippen LogP contribution in [0.1, 0.15) is 24.3 Å². The van der Waals surface area contributed by atoms with E-state index in [2.05, 4.69) is 26.6 Å². The molecule has 1 aliphatic rings. The Morgan fingerprint density at radius 1 is 1.05 bits per heavy atom. The fourth-order valence-electron chi connectivity index (χ4n) is 5.37. The maximum Gasteiger partial charge on any atom is 0.259 e. The van der Waals surface area contributed by atoms with Crippen LogP contribution in [-0.2, 0) is 17.1 Å². The number of sulfonamides is 1. The van der Waals surface area contributed by atoms with Gasteiger partial charge in [0.15, 0.2) is 0 Å². The van der Waals surface area contributed by atoms with E-state index in [-0.39, 0.29) is 39.1 Å². The standard InChI is InChI=1S/C29H29Cl2N5O5S/c1-5-42(38,39)35-21-13-17(16-9-7-6-8-10-16)12-20(21)33-29-32-15-18-11-19(28(37)36(2)27(18)34-29)24-25(30)22(40-3)14-23(41-4)26(24)31/h5-11,14-15,17,20-21,35H,1,12-13H2,2-4H3,(H,32,33,34)/t17?,20-,21+/m1/s1. The van der Waals surface area contributed by atoms with Crippen molar-refractivity contribution < 1.29 is 17.9 Å². The molecule has 5 rings (SSSR count). The van der Waals surface area contributed by atoms with E-state index in [1.54, 1.807) is 25.4 Å². The van der Waals surface area contributed by atoms with Gasteiger partial charge in [-0.3, -0.25) is 9.36 Å². The number of pyridine rings is 1. The fraction of sp³-hybridized carbons (Fsp3) is 0.276. The fourth-order valence-corrected chi connectivity index (χ4v) is 6.85. The predicted octanol–water partition coefficient (Wildman–Crippen LogP) is 5.11. The van der Waals surface area contributed by atoms with Gasteiger partial charge in [0.1, 0.15) is 17.1 Å². The molecule has 0 amide bonds. The lowest BCUT2D eigenvalue weighted by Gasteiger charge is -2.21. The molecular formula is C29H29Cl2N5O5S. The molecule has 0 saturated heterocycles. The number of fused-ring (bicyclic) bond motifs is 1. The Kier molecular flexibility index (Phi) is 8.47. The smallest absolute Gasteiger partial charge is 0.259 e. The number of halogens is 2. The van der Waals surface area contributed by atoms with Crippen LogP contribution in [0, 0.1) is 0 Å². The van der Waals surface area contributed by atoms with Crippen LogP contribution in [0.5, 0.6) is 11.5 Å². The SMILES string of the molecule is C=CS(=O)(=O)N[C@H]1CC(c2ccccc2)C[C@H]1Nc1ncc2cc(-c3c(Cl)c(OC)cc(OC)c3Cl)c(=O)n(C)c2n1. The number of methoxy groups -OCH3 is 2. The third-order valence-electron chi connectivity index (χ3n) is 7.47. The zero-order chi connectivity index (χ0) is 30.2. The lowest BCUT2D eigenvalue weighted by atomic mass is 9.97. The first kappa shape index (κ1) is 29.8. The van der Waals surface area contributed by atoms with Crippen LogP contribution in [0.15, 0.2) is 65.4 Å². The molecule has 2 aromatic heterocycles. The molecule has 2 N–H and O–H groups in total. The van der Waals surface area contributed by atoms with E-state index in [0.717, 1.165) is 11.0 Å². The van der Waals surface area contributed by atoms with Crippen molar-refractivity contribution >= 4 is 50.2 Å². The first-order valence-corrected chi connectivity index (χ1v) is 15.3. The monoisotopic (exact) mass is 629 g/mol. The van der Waals surface area contributed by atoms with E-state index in [9.17, 15) is 13.2 Å². The summed E-state index contributed by atoms with van der Waals surface area (Å²) in [7, 11) is 0.822. The molecule has 4 aromatic rings. The molecule has 1 aliphatic carbocycles. The molecule has 0 spiro atoms. The first-order chi connectivity index (χ1) is 20.1. The van der Waals surface area contributed by atoms with Gasteiger partial charge in [-0.05, 0) is 30.4 Å². The second-order valence-corrected chi connectivity index (χ2v) is 12.4.